The van der Waals surface area contributed by atoms with Crippen LogP contribution in [0.5, 0.6) is 0 Å². The number of hydrazone groups is 1. The van der Waals surface area contributed by atoms with Gasteiger partial charge in [0, 0.05) is 20.3 Å². The number of pyridine rings is 1. The summed E-state index contributed by atoms with van der Waals surface area (Å²) in [6.07, 6.45) is 4.36. The van der Waals surface area contributed by atoms with E-state index in [4.69, 9.17) is 0 Å². The van der Waals surface area contributed by atoms with Crippen LogP contribution >= 0.6 is 0 Å². The predicted molar refractivity (Wildman–Crippen MR) is 90.2 cm³/mol. The number of imidazole rings is 1. The van der Waals surface area contributed by atoms with Gasteiger partial charge in [-0.25, -0.2) is 15.2 Å². The Kier molecular flexibility index (Phi) is 4.25. The summed E-state index contributed by atoms with van der Waals surface area (Å²) in [5.74, 6) is -0.442. The number of rotatable bonds is 4. The molecule has 0 aromatic carbocycles. The van der Waals surface area contributed by atoms with Gasteiger partial charge in [0.15, 0.2) is 11.2 Å². The smallest absolute Gasteiger partial charge is 0.315 e. The lowest BCUT2D eigenvalue weighted by molar-refractivity contribution is -0.121. The molecule has 0 aliphatic heterocycles. The van der Waals surface area contributed by atoms with Crippen molar-refractivity contribution in [2.75, 3.05) is 0 Å². The highest BCUT2D eigenvalue weighted by Gasteiger charge is 2.15. The number of aryl methyl sites for hydroxylation is 1. The first kappa shape index (κ1) is 16.3. The number of hydrogen-bond donors (Lipinski definition) is 1. The Morgan fingerprint density at radius 3 is 2.76 bits per heavy atom. The highest BCUT2D eigenvalue weighted by molar-refractivity contribution is 5.81. The van der Waals surface area contributed by atoms with Gasteiger partial charge >= 0.3 is 5.69 Å². The molecule has 3 rings (SSSR count). The van der Waals surface area contributed by atoms with Crippen LogP contribution < -0.4 is 16.7 Å². The molecule has 1 N–H and O–H groups in total. The van der Waals surface area contributed by atoms with Gasteiger partial charge < -0.3 is 4.57 Å². The first-order valence-electron chi connectivity index (χ1n) is 7.33. The Bertz CT molecular complexity index is 1080. The van der Waals surface area contributed by atoms with Crippen LogP contribution in [0.25, 0.3) is 11.2 Å². The van der Waals surface area contributed by atoms with Gasteiger partial charge in [-0.1, -0.05) is 6.07 Å². The lowest BCUT2D eigenvalue weighted by Crippen LogP contribution is -2.38. The normalized spacial score (nSPS) is 11.3. The zero-order chi connectivity index (χ0) is 18.0. The summed E-state index contributed by atoms with van der Waals surface area (Å²) in [7, 11) is 2.89. The fourth-order valence-corrected chi connectivity index (χ4v) is 2.33. The van der Waals surface area contributed by atoms with Crippen molar-refractivity contribution in [2.24, 2.45) is 19.2 Å². The van der Waals surface area contributed by atoms with Crippen molar-refractivity contribution in [3.8, 4) is 0 Å². The maximum atomic E-state index is 12.3. The van der Waals surface area contributed by atoms with Crippen LogP contribution in [0.2, 0.25) is 0 Å². The molecular formula is C15H15N7O3. The number of aromatic nitrogens is 5. The average molecular weight is 341 g/mol. The van der Waals surface area contributed by atoms with E-state index in [1.54, 1.807) is 24.4 Å². The highest BCUT2D eigenvalue weighted by Crippen LogP contribution is 2.04. The molecule has 0 saturated heterocycles. The molecule has 3 heterocycles. The standard InChI is InChI=1S/C15H15N7O3/c1-20-13-12(14(24)21(2)15(20)25)22(9-17-13)8-11(23)19-18-7-10-5-3-4-6-16-10/h3-7,9H,8H2,1-2H3,(H,19,23)/b18-7-. The van der Waals surface area contributed by atoms with E-state index in [0.717, 1.165) is 4.57 Å². The number of nitrogens with one attached hydrogen (secondary N) is 1. The summed E-state index contributed by atoms with van der Waals surface area (Å²) < 4.78 is 3.60. The molecule has 0 fully saturated rings. The second-order valence-electron chi connectivity index (χ2n) is 5.30. The zero-order valence-corrected chi connectivity index (χ0v) is 13.6. The quantitative estimate of drug-likeness (QED) is 0.481. The first-order chi connectivity index (χ1) is 12.0. The van der Waals surface area contributed by atoms with Gasteiger partial charge in [-0.15, -0.1) is 0 Å². The van der Waals surface area contributed by atoms with Crippen LogP contribution in [0.4, 0.5) is 0 Å². The molecule has 0 spiro atoms. The van der Waals surface area contributed by atoms with E-state index in [2.05, 4.69) is 20.5 Å². The molecule has 3 aromatic heterocycles. The SMILES string of the molecule is Cn1c(=O)c2c(ncn2CC(=O)N/N=C\c2ccccn2)n(C)c1=O. The number of fused-ring (bicyclic) bond motifs is 1. The molecule has 10 nitrogen and oxygen atoms in total. The number of amides is 1. The Balaban J connectivity index is 1.82. The van der Waals surface area contributed by atoms with E-state index in [-0.39, 0.29) is 17.7 Å². The van der Waals surface area contributed by atoms with Gasteiger partial charge in [-0.05, 0) is 12.1 Å². The number of nitrogens with zero attached hydrogens (tertiary/aromatic N) is 6. The summed E-state index contributed by atoms with van der Waals surface area (Å²) >= 11 is 0. The summed E-state index contributed by atoms with van der Waals surface area (Å²) in [4.78, 5) is 44.3. The van der Waals surface area contributed by atoms with Crippen molar-refractivity contribution >= 4 is 23.3 Å². The average Bonchev–Trinajstić information content (AvgIpc) is 3.02. The van der Waals surface area contributed by atoms with Crippen molar-refractivity contribution in [1.29, 1.82) is 0 Å². The van der Waals surface area contributed by atoms with E-state index < -0.39 is 17.2 Å². The van der Waals surface area contributed by atoms with Crippen molar-refractivity contribution in [3.05, 3.63) is 57.3 Å². The molecule has 0 bridgehead atoms. The summed E-state index contributed by atoms with van der Waals surface area (Å²) in [6, 6.07) is 5.31. The van der Waals surface area contributed by atoms with Gasteiger partial charge in [-0.3, -0.25) is 23.7 Å². The number of carbonyl (C=O) groups excluding carboxylic acids is 1. The largest absolute Gasteiger partial charge is 0.332 e. The first-order valence-corrected chi connectivity index (χ1v) is 7.33. The summed E-state index contributed by atoms with van der Waals surface area (Å²) in [5, 5.41) is 3.81. The zero-order valence-electron chi connectivity index (χ0n) is 13.6. The monoisotopic (exact) mass is 341 g/mol. The van der Waals surface area contributed by atoms with Crippen molar-refractivity contribution in [1.82, 2.24) is 29.1 Å². The van der Waals surface area contributed by atoms with Crippen LogP contribution in [0, 0.1) is 0 Å². The van der Waals surface area contributed by atoms with Crippen LogP contribution in [0.15, 0.2) is 45.4 Å². The minimum atomic E-state index is -0.514. The van der Waals surface area contributed by atoms with E-state index in [9.17, 15) is 14.4 Å². The molecule has 0 radical (unpaired) electrons. The molecule has 3 aromatic rings. The molecule has 0 atom stereocenters. The van der Waals surface area contributed by atoms with Crippen LogP contribution in [0.1, 0.15) is 5.69 Å². The molecule has 0 aliphatic carbocycles. The Labute approximate surface area is 141 Å². The van der Waals surface area contributed by atoms with E-state index in [1.165, 1.54) is 35.8 Å². The maximum absolute atomic E-state index is 12.3. The van der Waals surface area contributed by atoms with Gasteiger partial charge in [0.1, 0.15) is 6.54 Å². The number of carbonyl (C=O) groups is 1. The Morgan fingerprint density at radius 1 is 1.24 bits per heavy atom. The lowest BCUT2D eigenvalue weighted by atomic mass is 10.4. The van der Waals surface area contributed by atoms with Gasteiger partial charge in [0.25, 0.3) is 11.5 Å². The molecule has 0 unspecified atom stereocenters. The van der Waals surface area contributed by atoms with E-state index in [0.29, 0.717) is 5.69 Å². The van der Waals surface area contributed by atoms with Crippen LogP contribution in [-0.4, -0.2) is 35.8 Å². The third kappa shape index (κ3) is 3.09. The molecule has 0 aliphatic rings. The Morgan fingerprint density at radius 2 is 2.04 bits per heavy atom. The molecular weight excluding hydrogens is 326 g/mol. The summed E-state index contributed by atoms with van der Waals surface area (Å²) in [6.45, 7) is -0.163. The third-order valence-corrected chi connectivity index (χ3v) is 3.60. The van der Waals surface area contributed by atoms with Crippen LogP contribution in [-0.2, 0) is 25.4 Å². The summed E-state index contributed by atoms with van der Waals surface area (Å²) in [5.41, 5.74) is 2.36. The molecule has 1 amide bonds. The minimum Gasteiger partial charge on any atom is -0.315 e. The van der Waals surface area contributed by atoms with E-state index in [1.807, 2.05) is 0 Å². The van der Waals surface area contributed by atoms with Crippen molar-refractivity contribution in [2.45, 2.75) is 6.54 Å². The van der Waals surface area contributed by atoms with E-state index >= 15 is 0 Å². The topological polar surface area (TPSA) is 116 Å². The number of hydrogen-bond acceptors (Lipinski definition) is 6. The van der Waals surface area contributed by atoms with Crippen molar-refractivity contribution < 1.29 is 4.79 Å². The highest BCUT2D eigenvalue weighted by atomic mass is 16.2. The van der Waals surface area contributed by atoms with Crippen molar-refractivity contribution in [3.63, 3.8) is 0 Å². The third-order valence-electron chi connectivity index (χ3n) is 3.60. The molecule has 0 saturated carbocycles. The fourth-order valence-electron chi connectivity index (χ4n) is 2.33. The lowest BCUT2D eigenvalue weighted by Gasteiger charge is -2.05. The van der Waals surface area contributed by atoms with Gasteiger partial charge in [0.05, 0.1) is 18.2 Å². The predicted octanol–water partition coefficient (Wildman–Crippen LogP) is -1.02. The molecule has 128 valence electrons. The fraction of sp³-hybridized carbons (Fsp3) is 0.200. The Hall–Kier alpha value is -3.56. The maximum Gasteiger partial charge on any atom is 0.332 e. The second-order valence-corrected chi connectivity index (χ2v) is 5.30. The van der Waals surface area contributed by atoms with Crippen LogP contribution in [0.3, 0.4) is 0 Å². The van der Waals surface area contributed by atoms with Gasteiger partial charge in [-0.2, -0.15) is 5.10 Å². The minimum absolute atomic E-state index is 0.163. The molecule has 10 heteroatoms. The second kappa shape index (κ2) is 6.51. The van der Waals surface area contributed by atoms with Gasteiger partial charge in [0.2, 0.25) is 0 Å². The molecule has 25 heavy (non-hydrogen) atoms.